The number of nitrogens with zero attached hydrogens (tertiary/aromatic N) is 2. The number of aryl methyl sites for hydroxylation is 1. The van der Waals surface area contributed by atoms with E-state index in [1.165, 1.54) is 11.8 Å². The van der Waals surface area contributed by atoms with Crippen LogP contribution in [0.1, 0.15) is 5.82 Å². The summed E-state index contributed by atoms with van der Waals surface area (Å²) in [6.45, 7) is 1.80. The van der Waals surface area contributed by atoms with Gasteiger partial charge in [-0.2, -0.15) is 0 Å². The van der Waals surface area contributed by atoms with E-state index in [1.807, 2.05) is 6.07 Å². The Morgan fingerprint density at radius 3 is 2.41 bits per heavy atom. The summed E-state index contributed by atoms with van der Waals surface area (Å²) < 4.78 is 0. The minimum atomic E-state index is 0.431. The van der Waals surface area contributed by atoms with Crippen LogP contribution in [-0.2, 0) is 0 Å². The second-order valence-corrected chi connectivity index (χ2v) is 5.55. The van der Waals surface area contributed by atoms with Crippen LogP contribution in [0, 0.1) is 6.92 Å². The van der Waals surface area contributed by atoms with Crippen LogP contribution in [0.4, 0.5) is 0 Å². The van der Waals surface area contributed by atoms with E-state index >= 15 is 0 Å². The van der Waals surface area contributed by atoms with Gasteiger partial charge in [0.25, 0.3) is 0 Å². The maximum Gasteiger partial charge on any atom is 0.133 e. The Bertz CT molecular complexity index is 540. The molecule has 1 aromatic heterocycles. The second kappa shape index (κ2) is 5.44. The molecular weight excluding hydrogens is 299 g/mol. The molecule has 0 aliphatic carbocycles. The van der Waals surface area contributed by atoms with Crippen LogP contribution >= 0.6 is 46.6 Å². The average Bonchev–Trinajstić information content (AvgIpc) is 2.22. The van der Waals surface area contributed by atoms with Gasteiger partial charge in [0.2, 0.25) is 0 Å². The highest BCUT2D eigenvalue weighted by Gasteiger charge is 2.05. The van der Waals surface area contributed by atoms with Gasteiger partial charge < -0.3 is 0 Å². The van der Waals surface area contributed by atoms with Crippen molar-refractivity contribution in [3.05, 3.63) is 45.3 Å². The predicted octanol–water partition coefficient (Wildman–Crippen LogP) is 4.90. The fourth-order valence-corrected chi connectivity index (χ4v) is 2.77. The second-order valence-electron chi connectivity index (χ2n) is 3.25. The number of aromatic nitrogens is 2. The van der Waals surface area contributed by atoms with Crippen LogP contribution in [0.2, 0.25) is 15.2 Å². The third-order valence-electron chi connectivity index (χ3n) is 1.90. The highest BCUT2D eigenvalue weighted by molar-refractivity contribution is 7.99. The quantitative estimate of drug-likeness (QED) is 0.738. The van der Waals surface area contributed by atoms with Gasteiger partial charge in [0.1, 0.15) is 16.0 Å². The van der Waals surface area contributed by atoms with Crippen LogP contribution in [0.15, 0.2) is 34.2 Å². The molecule has 2 aromatic rings. The van der Waals surface area contributed by atoms with Gasteiger partial charge in [-0.15, -0.1) is 0 Å². The fourth-order valence-electron chi connectivity index (χ4n) is 1.22. The van der Waals surface area contributed by atoms with Crippen molar-refractivity contribution in [2.75, 3.05) is 0 Å². The molecule has 0 radical (unpaired) electrons. The van der Waals surface area contributed by atoms with Gasteiger partial charge in [-0.3, -0.25) is 0 Å². The third-order valence-corrected chi connectivity index (χ3v) is 3.74. The van der Waals surface area contributed by atoms with E-state index < -0.39 is 0 Å². The molecule has 0 atom stereocenters. The van der Waals surface area contributed by atoms with E-state index in [-0.39, 0.29) is 0 Å². The van der Waals surface area contributed by atoms with E-state index in [1.54, 1.807) is 25.1 Å². The topological polar surface area (TPSA) is 25.8 Å². The van der Waals surface area contributed by atoms with E-state index in [9.17, 15) is 0 Å². The summed E-state index contributed by atoms with van der Waals surface area (Å²) in [7, 11) is 0. The summed E-state index contributed by atoms with van der Waals surface area (Å²) >= 11 is 19.1. The van der Waals surface area contributed by atoms with E-state index in [0.29, 0.717) is 21.0 Å². The Morgan fingerprint density at radius 2 is 1.76 bits per heavy atom. The van der Waals surface area contributed by atoms with Gasteiger partial charge in [0.05, 0.1) is 10.0 Å². The monoisotopic (exact) mass is 304 g/mol. The summed E-state index contributed by atoms with van der Waals surface area (Å²) in [6, 6.07) is 7.13. The zero-order chi connectivity index (χ0) is 12.4. The normalized spacial score (nSPS) is 10.6. The Labute approximate surface area is 118 Å². The van der Waals surface area contributed by atoms with Crippen molar-refractivity contribution in [3.63, 3.8) is 0 Å². The van der Waals surface area contributed by atoms with Gasteiger partial charge in [0.15, 0.2) is 0 Å². The number of halogens is 3. The summed E-state index contributed by atoms with van der Waals surface area (Å²) in [5.41, 5.74) is 0. The van der Waals surface area contributed by atoms with Crippen LogP contribution in [-0.4, -0.2) is 9.97 Å². The lowest BCUT2D eigenvalue weighted by Crippen LogP contribution is -1.89. The van der Waals surface area contributed by atoms with Crippen molar-refractivity contribution >= 4 is 46.6 Å². The van der Waals surface area contributed by atoms with Crippen LogP contribution in [0.25, 0.3) is 0 Å². The van der Waals surface area contributed by atoms with Gasteiger partial charge in [-0.05, 0) is 25.1 Å². The molecule has 0 aliphatic rings. The molecular formula is C11H7Cl3N2S. The summed E-state index contributed by atoms with van der Waals surface area (Å²) in [6.07, 6.45) is 0. The highest BCUT2D eigenvalue weighted by atomic mass is 35.5. The van der Waals surface area contributed by atoms with Gasteiger partial charge >= 0.3 is 0 Å². The SMILES string of the molecule is Cc1nc(Cl)cc(Sc2ccc(Cl)c(Cl)c2)n1. The molecule has 0 aliphatic heterocycles. The molecule has 6 heteroatoms. The molecule has 1 aromatic carbocycles. The lowest BCUT2D eigenvalue weighted by Gasteiger charge is -2.03. The standard InChI is InChI=1S/C11H7Cl3N2S/c1-6-15-10(14)5-11(16-6)17-7-2-3-8(12)9(13)4-7/h2-5H,1H3. The molecule has 0 spiro atoms. The Kier molecular flexibility index (Phi) is 4.15. The van der Waals surface area contributed by atoms with Crippen molar-refractivity contribution in [2.24, 2.45) is 0 Å². The van der Waals surface area contributed by atoms with Crippen LogP contribution in [0.5, 0.6) is 0 Å². The van der Waals surface area contributed by atoms with E-state index in [0.717, 1.165) is 9.92 Å². The third kappa shape index (κ3) is 3.49. The lowest BCUT2D eigenvalue weighted by atomic mass is 10.4. The molecule has 0 saturated heterocycles. The fraction of sp³-hybridized carbons (Fsp3) is 0.0909. The van der Waals surface area contributed by atoms with Crippen molar-refractivity contribution in [3.8, 4) is 0 Å². The molecule has 0 amide bonds. The maximum absolute atomic E-state index is 5.94. The first kappa shape index (κ1) is 13.0. The Hall–Kier alpha value is -0.480. The zero-order valence-corrected chi connectivity index (χ0v) is 11.8. The maximum atomic E-state index is 5.94. The molecule has 0 saturated carbocycles. The molecule has 17 heavy (non-hydrogen) atoms. The first-order valence-corrected chi connectivity index (χ1v) is 6.64. The number of hydrogen-bond donors (Lipinski definition) is 0. The predicted molar refractivity (Wildman–Crippen MR) is 72.4 cm³/mol. The smallest absolute Gasteiger partial charge is 0.133 e. The molecule has 2 nitrogen and oxygen atoms in total. The van der Waals surface area contributed by atoms with Crippen molar-refractivity contribution in [2.45, 2.75) is 16.8 Å². The lowest BCUT2D eigenvalue weighted by molar-refractivity contribution is 0.968. The number of benzene rings is 1. The Morgan fingerprint density at radius 1 is 1.00 bits per heavy atom. The van der Waals surface area contributed by atoms with E-state index in [4.69, 9.17) is 34.8 Å². The first-order valence-electron chi connectivity index (χ1n) is 4.69. The molecule has 0 bridgehead atoms. The van der Waals surface area contributed by atoms with Gasteiger partial charge in [0, 0.05) is 11.0 Å². The first-order chi connectivity index (χ1) is 8.04. The Balaban J connectivity index is 2.28. The van der Waals surface area contributed by atoms with E-state index in [2.05, 4.69) is 9.97 Å². The average molecular weight is 306 g/mol. The van der Waals surface area contributed by atoms with Gasteiger partial charge in [-0.25, -0.2) is 9.97 Å². The molecule has 88 valence electrons. The summed E-state index contributed by atoms with van der Waals surface area (Å²) in [5, 5.41) is 2.27. The molecule has 0 fully saturated rings. The largest absolute Gasteiger partial charge is 0.226 e. The van der Waals surface area contributed by atoms with Crippen LogP contribution in [0.3, 0.4) is 0 Å². The van der Waals surface area contributed by atoms with Gasteiger partial charge in [-0.1, -0.05) is 46.6 Å². The molecule has 2 rings (SSSR count). The van der Waals surface area contributed by atoms with Crippen molar-refractivity contribution < 1.29 is 0 Å². The number of rotatable bonds is 2. The molecule has 1 heterocycles. The highest BCUT2D eigenvalue weighted by Crippen LogP contribution is 2.32. The number of hydrogen-bond acceptors (Lipinski definition) is 3. The zero-order valence-electron chi connectivity index (χ0n) is 8.75. The van der Waals surface area contributed by atoms with Crippen LogP contribution < -0.4 is 0 Å². The minimum absolute atomic E-state index is 0.431. The summed E-state index contributed by atoms with van der Waals surface area (Å²) in [5.74, 6) is 0.639. The van der Waals surface area contributed by atoms with Crippen molar-refractivity contribution in [1.29, 1.82) is 0 Å². The molecule has 0 N–H and O–H groups in total. The van der Waals surface area contributed by atoms with Crippen molar-refractivity contribution in [1.82, 2.24) is 9.97 Å². The molecule has 0 unspecified atom stereocenters. The minimum Gasteiger partial charge on any atom is -0.226 e. The summed E-state index contributed by atoms with van der Waals surface area (Å²) in [4.78, 5) is 9.23.